The number of amides is 1. The van der Waals surface area contributed by atoms with Crippen molar-refractivity contribution in [2.75, 3.05) is 19.8 Å². The van der Waals surface area contributed by atoms with Crippen LogP contribution < -0.4 is 5.32 Å². The standard InChI is InChI=1S/C19H14F21NO4/c1-7(2)8(42)44-6-4-41-9(43)45-5-3-10(20,21)11(22,23)12(24,25)13(26,27)14(28,29)15(30,31)16(32,33)17(34,35)18(36,37)19(38,39)40/h1,3-6H2,2H3,(H,41,43). The summed E-state index contributed by atoms with van der Waals surface area (Å²) in [6.07, 6.45) is -13.1. The van der Waals surface area contributed by atoms with Crippen molar-refractivity contribution in [1.29, 1.82) is 0 Å². The van der Waals surface area contributed by atoms with Crippen LogP contribution in [0.3, 0.4) is 0 Å². The third-order valence-corrected chi connectivity index (χ3v) is 5.18. The molecule has 26 heteroatoms. The Labute approximate surface area is 234 Å². The Bertz CT molecular complexity index is 1100. The molecule has 0 bridgehead atoms. The van der Waals surface area contributed by atoms with E-state index in [0.717, 1.165) is 6.92 Å². The second-order valence-corrected chi connectivity index (χ2v) is 8.53. The van der Waals surface area contributed by atoms with Gasteiger partial charge in [0.25, 0.3) is 0 Å². The Morgan fingerprint density at radius 1 is 0.533 bits per heavy atom. The molecule has 0 heterocycles. The van der Waals surface area contributed by atoms with Crippen molar-refractivity contribution in [1.82, 2.24) is 5.32 Å². The molecule has 0 fully saturated rings. The van der Waals surface area contributed by atoms with Gasteiger partial charge in [-0.3, -0.25) is 0 Å². The Morgan fingerprint density at radius 2 is 0.867 bits per heavy atom. The van der Waals surface area contributed by atoms with Gasteiger partial charge in [-0.25, -0.2) is 9.59 Å². The number of alkyl carbamates (subject to hydrolysis) is 1. The Balaban J connectivity index is 6.20. The second-order valence-electron chi connectivity index (χ2n) is 8.53. The minimum Gasteiger partial charge on any atom is -0.460 e. The van der Waals surface area contributed by atoms with E-state index in [0.29, 0.717) is 0 Å². The topological polar surface area (TPSA) is 64.6 Å². The van der Waals surface area contributed by atoms with Gasteiger partial charge in [-0.2, -0.15) is 92.2 Å². The van der Waals surface area contributed by atoms with E-state index >= 15 is 0 Å². The zero-order valence-corrected chi connectivity index (χ0v) is 21.1. The lowest BCUT2D eigenvalue weighted by atomic mass is 9.86. The van der Waals surface area contributed by atoms with Gasteiger partial charge in [0.1, 0.15) is 6.61 Å². The molecule has 0 saturated heterocycles. The molecule has 45 heavy (non-hydrogen) atoms. The van der Waals surface area contributed by atoms with Gasteiger partial charge in [0, 0.05) is 5.57 Å². The SMILES string of the molecule is C=C(C)C(=O)OCCNC(=O)OCCC(F)(F)C(F)(F)C(F)(F)C(F)(F)C(F)(F)C(F)(F)C(F)(F)C(F)(F)C(F)(F)C(F)(F)F. The van der Waals surface area contributed by atoms with Crippen LogP contribution in [0.5, 0.6) is 0 Å². The molecule has 0 aliphatic rings. The maximum absolute atomic E-state index is 13.8. The molecular weight excluding hydrogens is 705 g/mol. The summed E-state index contributed by atoms with van der Waals surface area (Å²) in [7, 11) is 0. The first-order valence-electron chi connectivity index (χ1n) is 10.7. The molecule has 0 aliphatic carbocycles. The number of carbonyl (C=O) groups is 2. The summed E-state index contributed by atoms with van der Waals surface area (Å²) in [5.41, 5.74) is -0.167. The predicted molar refractivity (Wildman–Crippen MR) is 100 cm³/mol. The van der Waals surface area contributed by atoms with Crippen molar-refractivity contribution in [2.45, 2.75) is 72.8 Å². The van der Waals surface area contributed by atoms with Crippen molar-refractivity contribution in [2.24, 2.45) is 0 Å². The number of alkyl halides is 21. The molecule has 0 rings (SSSR count). The molecule has 0 aromatic heterocycles. The number of halogens is 21. The molecule has 0 atom stereocenters. The summed E-state index contributed by atoms with van der Waals surface area (Å²) in [5.74, 6) is -78.9. The first-order chi connectivity index (χ1) is 19.5. The van der Waals surface area contributed by atoms with E-state index in [4.69, 9.17) is 0 Å². The molecule has 1 N–H and O–H groups in total. The highest BCUT2D eigenvalue weighted by molar-refractivity contribution is 5.86. The highest BCUT2D eigenvalue weighted by Gasteiger charge is 2.97. The summed E-state index contributed by atoms with van der Waals surface area (Å²) in [6.45, 7) is 0.589. The zero-order valence-electron chi connectivity index (χ0n) is 21.1. The summed E-state index contributed by atoms with van der Waals surface area (Å²) < 4.78 is 288. The van der Waals surface area contributed by atoms with E-state index in [1.165, 1.54) is 5.32 Å². The maximum Gasteiger partial charge on any atom is 0.460 e. The third kappa shape index (κ3) is 6.77. The first kappa shape index (κ1) is 42.0. The third-order valence-electron chi connectivity index (χ3n) is 5.18. The van der Waals surface area contributed by atoms with Crippen LogP contribution in [0.25, 0.3) is 0 Å². The van der Waals surface area contributed by atoms with Gasteiger partial charge in [-0.1, -0.05) is 6.58 Å². The normalized spacial score (nSPS) is 15.1. The fraction of sp³-hybridized carbons (Fsp3) is 0.789. The minimum atomic E-state index is -9.25. The van der Waals surface area contributed by atoms with Crippen LogP contribution in [0.2, 0.25) is 0 Å². The van der Waals surface area contributed by atoms with Crippen LogP contribution in [-0.2, 0) is 14.3 Å². The number of carbonyl (C=O) groups excluding carboxylic acids is 2. The Hall–Kier alpha value is -2.99. The number of nitrogens with one attached hydrogen (secondary N) is 1. The van der Waals surface area contributed by atoms with Gasteiger partial charge in [-0.05, 0) is 6.92 Å². The highest BCUT2D eigenvalue weighted by atomic mass is 19.4. The number of hydrogen-bond donors (Lipinski definition) is 1. The van der Waals surface area contributed by atoms with Gasteiger partial charge in [0.05, 0.1) is 19.6 Å². The van der Waals surface area contributed by atoms with Gasteiger partial charge in [0.15, 0.2) is 0 Å². The van der Waals surface area contributed by atoms with Crippen molar-refractivity contribution < 1.29 is 111 Å². The molecule has 1 amide bonds. The van der Waals surface area contributed by atoms with Crippen molar-refractivity contribution >= 4 is 12.1 Å². The summed E-state index contributed by atoms with van der Waals surface area (Å²) >= 11 is 0. The van der Waals surface area contributed by atoms with Crippen molar-refractivity contribution in [3.8, 4) is 0 Å². The van der Waals surface area contributed by atoms with Gasteiger partial charge < -0.3 is 14.8 Å². The van der Waals surface area contributed by atoms with E-state index in [2.05, 4.69) is 16.1 Å². The van der Waals surface area contributed by atoms with E-state index in [9.17, 15) is 102 Å². The van der Waals surface area contributed by atoms with Crippen molar-refractivity contribution in [3.63, 3.8) is 0 Å². The number of ether oxygens (including phenoxy) is 2. The molecule has 5 nitrogen and oxygen atoms in total. The monoisotopic (exact) mass is 719 g/mol. The molecular formula is C19H14F21NO4. The summed E-state index contributed by atoms with van der Waals surface area (Å²) in [4.78, 5) is 22.3. The smallest absolute Gasteiger partial charge is 0.460 e. The molecule has 0 saturated carbocycles. The molecule has 0 aromatic rings. The van der Waals surface area contributed by atoms with Crippen LogP contribution >= 0.6 is 0 Å². The predicted octanol–water partition coefficient (Wildman–Crippen LogP) is 7.50. The van der Waals surface area contributed by atoms with Crippen LogP contribution in [0, 0.1) is 0 Å². The summed E-state index contributed by atoms with van der Waals surface area (Å²) in [5, 5.41) is 1.53. The van der Waals surface area contributed by atoms with E-state index in [1.807, 2.05) is 0 Å². The van der Waals surface area contributed by atoms with Crippen LogP contribution in [0.15, 0.2) is 12.2 Å². The number of esters is 1. The quantitative estimate of drug-likeness (QED) is 0.0825. The van der Waals surface area contributed by atoms with Gasteiger partial charge in [-0.15, -0.1) is 0 Å². The van der Waals surface area contributed by atoms with Gasteiger partial charge in [0.2, 0.25) is 0 Å². The molecule has 0 radical (unpaired) electrons. The minimum absolute atomic E-state index is 0.167. The lowest BCUT2D eigenvalue weighted by Crippen LogP contribution is -2.76. The summed E-state index contributed by atoms with van der Waals surface area (Å²) in [6, 6.07) is 0. The largest absolute Gasteiger partial charge is 0.460 e. The second kappa shape index (κ2) is 12.3. The molecule has 0 aliphatic heterocycles. The van der Waals surface area contributed by atoms with E-state index in [1.54, 1.807) is 0 Å². The first-order valence-corrected chi connectivity index (χ1v) is 10.7. The average Bonchev–Trinajstić information content (AvgIpc) is 2.84. The van der Waals surface area contributed by atoms with Crippen molar-refractivity contribution in [3.05, 3.63) is 12.2 Å². The van der Waals surface area contributed by atoms with E-state index in [-0.39, 0.29) is 5.57 Å². The Morgan fingerprint density at radius 3 is 1.20 bits per heavy atom. The number of rotatable bonds is 15. The highest BCUT2D eigenvalue weighted by Crippen LogP contribution is 2.66. The van der Waals surface area contributed by atoms with E-state index < -0.39 is 97.7 Å². The fourth-order valence-corrected chi connectivity index (χ4v) is 2.49. The zero-order chi connectivity index (χ0) is 36.7. The molecule has 0 spiro atoms. The molecule has 0 unspecified atom stereocenters. The van der Waals surface area contributed by atoms with Crippen LogP contribution in [0.1, 0.15) is 13.3 Å². The van der Waals surface area contributed by atoms with Crippen LogP contribution in [-0.4, -0.2) is 91.3 Å². The lowest BCUT2D eigenvalue weighted by molar-refractivity contribution is -0.474. The molecule has 0 aromatic carbocycles. The average molecular weight is 719 g/mol. The lowest BCUT2D eigenvalue weighted by Gasteiger charge is -2.44. The molecule has 266 valence electrons. The number of hydrogen-bond acceptors (Lipinski definition) is 4. The van der Waals surface area contributed by atoms with Crippen LogP contribution in [0.4, 0.5) is 97.0 Å². The Kier molecular flexibility index (Phi) is 11.5. The van der Waals surface area contributed by atoms with Gasteiger partial charge >= 0.3 is 71.5 Å². The maximum atomic E-state index is 13.8. The fourth-order valence-electron chi connectivity index (χ4n) is 2.49.